The third-order valence-electron chi connectivity index (χ3n) is 12.1. The molecular formula is C67H108O6. The van der Waals surface area contributed by atoms with Crippen LogP contribution in [0.15, 0.2) is 134 Å². The molecule has 0 spiro atoms. The monoisotopic (exact) mass is 1010 g/mol. The van der Waals surface area contributed by atoms with Crippen molar-refractivity contribution in [3.05, 3.63) is 134 Å². The highest BCUT2D eigenvalue weighted by atomic mass is 16.6. The minimum absolute atomic E-state index is 0.0983. The van der Waals surface area contributed by atoms with Gasteiger partial charge in [0.1, 0.15) is 13.2 Å². The summed E-state index contributed by atoms with van der Waals surface area (Å²) in [5, 5.41) is 0. The fourth-order valence-corrected chi connectivity index (χ4v) is 7.73. The molecule has 6 heteroatoms. The van der Waals surface area contributed by atoms with Gasteiger partial charge in [-0.25, -0.2) is 0 Å². The van der Waals surface area contributed by atoms with Crippen molar-refractivity contribution < 1.29 is 28.6 Å². The molecule has 412 valence electrons. The molecule has 0 aromatic carbocycles. The lowest BCUT2D eigenvalue weighted by Gasteiger charge is -2.18. The molecule has 0 aromatic rings. The summed E-state index contributed by atoms with van der Waals surface area (Å²) in [6.45, 7) is 6.31. The smallest absolute Gasteiger partial charge is 0.306 e. The SMILES string of the molecule is CC/C=C\C/C=C\C/C=C\C/C=C\C/C=C\C/C=C\CCCCCCCCC(=O)OCC(COC(=O)CCCCCCC/C=C\C/C=C\CCC)OC(=O)CCCCCCCCC/C=C\C/C=C\C/C=C\CC. The number of hydrogen-bond acceptors (Lipinski definition) is 6. The van der Waals surface area contributed by atoms with Gasteiger partial charge in [-0.05, 0) is 128 Å². The number of hydrogen-bond donors (Lipinski definition) is 0. The molecule has 0 bridgehead atoms. The summed E-state index contributed by atoms with van der Waals surface area (Å²) in [7, 11) is 0. The molecule has 73 heavy (non-hydrogen) atoms. The van der Waals surface area contributed by atoms with Crippen LogP contribution in [0.3, 0.4) is 0 Å². The van der Waals surface area contributed by atoms with E-state index in [4.69, 9.17) is 14.2 Å². The molecule has 6 nitrogen and oxygen atoms in total. The zero-order valence-corrected chi connectivity index (χ0v) is 47.1. The summed E-state index contributed by atoms with van der Waals surface area (Å²) in [5.41, 5.74) is 0. The van der Waals surface area contributed by atoms with Crippen molar-refractivity contribution in [3.63, 3.8) is 0 Å². The van der Waals surface area contributed by atoms with Gasteiger partial charge in [0.05, 0.1) is 0 Å². The van der Waals surface area contributed by atoms with Crippen molar-refractivity contribution in [2.75, 3.05) is 13.2 Å². The highest BCUT2D eigenvalue weighted by molar-refractivity contribution is 5.71. The Morgan fingerprint density at radius 3 is 0.836 bits per heavy atom. The Labute approximate surface area is 449 Å². The Morgan fingerprint density at radius 2 is 0.534 bits per heavy atom. The van der Waals surface area contributed by atoms with Crippen LogP contribution in [-0.2, 0) is 28.6 Å². The topological polar surface area (TPSA) is 78.9 Å². The van der Waals surface area contributed by atoms with Crippen LogP contribution < -0.4 is 0 Å². The lowest BCUT2D eigenvalue weighted by molar-refractivity contribution is -0.167. The minimum Gasteiger partial charge on any atom is -0.462 e. The largest absolute Gasteiger partial charge is 0.462 e. The molecule has 1 atom stereocenters. The zero-order chi connectivity index (χ0) is 52.9. The molecule has 1 unspecified atom stereocenters. The van der Waals surface area contributed by atoms with Gasteiger partial charge in [0.2, 0.25) is 0 Å². The average Bonchev–Trinajstić information content (AvgIpc) is 3.39. The second kappa shape index (κ2) is 60.1. The summed E-state index contributed by atoms with van der Waals surface area (Å²) in [6, 6.07) is 0. The summed E-state index contributed by atoms with van der Waals surface area (Å²) >= 11 is 0. The molecule has 0 N–H and O–H groups in total. The van der Waals surface area contributed by atoms with E-state index in [1.807, 2.05) is 0 Å². The Bertz CT molecular complexity index is 1580. The molecule has 0 heterocycles. The second-order valence-electron chi connectivity index (χ2n) is 19.1. The van der Waals surface area contributed by atoms with E-state index in [1.54, 1.807) is 0 Å². The van der Waals surface area contributed by atoms with Crippen molar-refractivity contribution in [2.24, 2.45) is 0 Å². The maximum atomic E-state index is 12.9. The molecule has 0 aromatic heterocycles. The summed E-state index contributed by atoms with van der Waals surface area (Å²) in [5.74, 6) is -0.939. The molecular weight excluding hydrogens is 901 g/mol. The average molecular weight is 1010 g/mol. The normalized spacial score (nSPS) is 13.1. The molecule has 0 rings (SSSR count). The second-order valence-corrected chi connectivity index (χ2v) is 19.1. The number of carbonyl (C=O) groups excluding carboxylic acids is 3. The fraction of sp³-hybridized carbons (Fsp3) is 0.627. The van der Waals surface area contributed by atoms with Crippen LogP contribution in [0.25, 0.3) is 0 Å². The van der Waals surface area contributed by atoms with Gasteiger partial charge in [-0.15, -0.1) is 0 Å². The molecule has 0 radical (unpaired) electrons. The van der Waals surface area contributed by atoms with Crippen molar-refractivity contribution in [2.45, 2.75) is 258 Å². The van der Waals surface area contributed by atoms with Gasteiger partial charge in [0.25, 0.3) is 0 Å². The Hall–Kier alpha value is -4.45. The third-order valence-corrected chi connectivity index (χ3v) is 12.1. The standard InChI is InChI=1S/C67H108O6/c1-4-7-10-13-16-19-22-25-27-29-30-31-32-33-34-35-36-38-39-42-45-48-51-54-57-60-66(69)72-63-64(62-71-65(68)59-56-53-50-47-44-41-24-21-18-15-12-9-6-3)73-67(70)61-58-55-52-49-46-43-40-37-28-26-23-20-17-14-11-8-5-2/h7-8,10-12,15-17,19-21,24-28,30-31,33-34,36,38,64H,4-6,9,13-14,18,22-23,29,32,35,37,39-63H2,1-3H3/b10-7-,11-8-,15-12-,19-16-,20-17-,24-21-,27-25-,28-26-,31-30-,34-33-,38-36-. The third kappa shape index (κ3) is 58.3. The van der Waals surface area contributed by atoms with E-state index in [1.165, 1.54) is 44.9 Å². The van der Waals surface area contributed by atoms with E-state index in [0.29, 0.717) is 19.3 Å². The first-order chi connectivity index (χ1) is 36.0. The minimum atomic E-state index is -0.801. The molecule has 0 amide bonds. The molecule has 0 aliphatic rings. The van der Waals surface area contributed by atoms with E-state index in [0.717, 1.165) is 167 Å². The number of allylic oxidation sites excluding steroid dienone is 22. The Morgan fingerprint density at radius 1 is 0.288 bits per heavy atom. The number of rotatable bonds is 52. The van der Waals surface area contributed by atoms with E-state index in [-0.39, 0.29) is 31.1 Å². The van der Waals surface area contributed by atoms with Crippen molar-refractivity contribution in [1.82, 2.24) is 0 Å². The van der Waals surface area contributed by atoms with Gasteiger partial charge < -0.3 is 14.2 Å². The molecule has 0 aliphatic heterocycles. The van der Waals surface area contributed by atoms with E-state index >= 15 is 0 Å². The lowest BCUT2D eigenvalue weighted by Crippen LogP contribution is -2.30. The van der Waals surface area contributed by atoms with Gasteiger partial charge in [-0.1, -0.05) is 238 Å². The molecule has 0 aliphatic carbocycles. The van der Waals surface area contributed by atoms with Crippen LogP contribution >= 0.6 is 0 Å². The number of ether oxygens (including phenoxy) is 3. The van der Waals surface area contributed by atoms with Crippen molar-refractivity contribution >= 4 is 17.9 Å². The highest BCUT2D eigenvalue weighted by Crippen LogP contribution is 2.14. The summed E-state index contributed by atoms with van der Waals surface area (Å²) in [6.07, 6.45) is 84.4. The zero-order valence-electron chi connectivity index (χ0n) is 47.1. The van der Waals surface area contributed by atoms with Crippen LogP contribution in [0.2, 0.25) is 0 Å². The predicted octanol–water partition coefficient (Wildman–Crippen LogP) is 20.2. The van der Waals surface area contributed by atoms with Crippen molar-refractivity contribution in [3.8, 4) is 0 Å². The fourth-order valence-electron chi connectivity index (χ4n) is 7.73. The number of unbranched alkanes of at least 4 members (excludes halogenated alkanes) is 19. The summed E-state index contributed by atoms with van der Waals surface area (Å²) in [4.78, 5) is 38.2. The van der Waals surface area contributed by atoms with E-state index in [9.17, 15) is 14.4 Å². The first-order valence-electron chi connectivity index (χ1n) is 29.7. The maximum Gasteiger partial charge on any atom is 0.306 e. The molecule has 0 saturated carbocycles. The maximum absolute atomic E-state index is 12.9. The van der Waals surface area contributed by atoms with Crippen molar-refractivity contribution in [1.29, 1.82) is 0 Å². The van der Waals surface area contributed by atoms with Gasteiger partial charge >= 0.3 is 17.9 Å². The van der Waals surface area contributed by atoms with Gasteiger partial charge in [-0.2, -0.15) is 0 Å². The lowest BCUT2D eigenvalue weighted by atomic mass is 10.1. The van der Waals surface area contributed by atoms with Gasteiger partial charge in [0.15, 0.2) is 6.10 Å². The first kappa shape index (κ1) is 68.6. The van der Waals surface area contributed by atoms with Crippen LogP contribution in [-0.4, -0.2) is 37.2 Å². The number of esters is 3. The quantitative estimate of drug-likeness (QED) is 0.0261. The van der Waals surface area contributed by atoms with E-state index in [2.05, 4.69) is 154 Å². The number of carbonyl (C=O) groups is 3. The van der Waals surface area contributed by atoms with E-state index < -0.39 is 6.10 Å². The van der Waals surface area contributed by atoms with Crippen LogP contribution in [0.4, 0.5) is 0 Å². The molecule has 0 saturated heterocycles. The van der Waals surface area contributed by atoms with Gasteiger partial charge in [-0.3, -0.25) is 14.4 Å². The Kier molecular flexibility index (Phi) is 56.4. The van der Waals surface area contributed by atoms with Crippen LogP contribution in [0.1, 0.15) is 252 Å². The Balaban J connectivity index is 4.41. The van der Waals surface area contributed by atoms with Crippen LogP contribution in [0, 0.1) is 0 Å². The van der Waals surface area contributed by atoms with Gasteiger partial charge in [0, 0.05) is 19.3 Å². The predicted molar refractivity (Wildman–Crippen MR) is 316 cm³/mol. The summed E-state index contributed by atoms with van der Waals surface area (Å²) < 4.78 is 16.9. The van der Waals surface area contributed by atoms with Crippen LogP contribution in [0.5, 0.6) is 0 Å². The first-order valence-corrected chi connectivity index (χ1v) is 29.7. The highest BCUT2D eigenvalue weighted by Gasteiger charge is 2.19. The molecule has 0 fully saturated rings.